The number of nitrogens with one attached hydrogen (secondary N) is 1. The lowest BCUT2D eigenvalue weighted by molar-refractivity contribution is -0.132. The lowest BCUT2D eigenvalue weighted by atomic mass is 9.79. The van der Waals surface area contributed by atoms with Gasteiger partial charge in [-0.25, -0.2) is 9.18 Å². The second kappa shape index (κ2) is 9.07. The normalized spacial score (nSPS) is 23.1. The standard InChI is InChI=1S/C21H29BFN3O6/c1-21(2,3)32-20(29)26-14-7-5-12(8-14)17(26)19(28)25-16(18(24)27)9-11-4-6-13(22(30)31)10-15(11)23/h4,6,10,12,14,16-17,30-31H,5,7-9H2,1-3H3,(H2,24,27)(H,25,28)/t12-,14+,16-,17-/m0/s1. The highest BCUT2D eigenvalue weighted by Crippen LogP contribution is 2.43. The molecule has 32 heavy (non-hydrogen) atoms. The van der Waals surface area contributed by atoms with Crippen molar-refractivity contribution in [3.05, 3.63) is 29.6 Å². The first-order chi connectivity index (χ1) is 14.9. The Kier molecular flexibility index (Phi) is 6.80. The van der Waals surface area contributed by atoms with Crippen LogP contribution in [-0.2, 0) is 20.7 Å². The molecule has 1 heterocycles. The molecule has 5 N–H and O–H groups in total. The van der Waals surface area contributed by atoms with Crippen LogP contribution < -0.4 is 16.5 Å². The number of halogens is 1. The zero-order chi connectivity index (χ0) is 23.8. The van der Waals surface area contributed by atoms with Gasteiger partial charge in [0, 0.05) is 12.5 Å². The maximum absolute atomic E-state index is 14.4. The Hall–Kier alpha value is -2.66. The zero-order valence-electron chi connectivity index (χ0n) is 18.4. The molecule has 3 amide bonds. The smallest absolute Gasteiger partial charge is 0.444 e. The molecule has 3 rings (SSSR count). The zero-order valence-corrected chi connectivity index (χ0v) is 18.4. The number of likely N-dealkylation sites (tertiary alicyclic amines) is 1. The van der Waals surface area contributed by atoms with E-state index in [1.165, 1.54) is 17.0 Å². The number of hydrogen-bond donors (Lipinski definition) is 4. The molecule has 1 aromatic rings. The molecule has 1 saturated carbocycles. The second-order valence-electron chi connectivity index (χ2n) is 9.45. The van der Waals surface area contributed by atoms with Crippen LogP contribution in [0.4, 0.5) is 9.18 Å². The number of benzene rings is 1. The third kappa shape index (κ3) is 5.21. The Bertz CT molecular complexity index is 906. The lowest BCUT2D eigenvalue weighted by Gasteiger charge is -2.36. The number of nitrogens with zero attached hydrogens (tertiary/aromatic N) is 1. The first-order valence-corrected chi connectivity index (χ1v) is 10.6. The fourth-order valence-electron chi connectivity index (χ4n) is 4.49. The summed E-state index contributed by atoms with van der Waals surface area (Å²) in [6.07, 6.45) is 1.44. The Morgan fingerprint density at radius 3 is 2.56 bits per heavy atom. The van der Waals surface area contributed by atoms with Gasteiger partial charge in [-0.15, -0.1) is 0 Å². The fourth-order valence-corrected chi connectivity index (χ4v) is 4.49. The highest BCUT2D eigenvalue weighted by molar-refractivity contribution is 6.58. The van der Waals surface area contributed by atoms with E-state index in [0.29, 0.717) is 6.42 Å². The Morgan fingerprint density at radius 1 is 1.31 bits per heavy atom. The van der Waals surface area contributed by atoms with Crippen LogP contribution in [0.3, 0.4) is 0 Å². The first-order valence-electron chi connectivity index (χ1n) is 10.6. The van der Waals surface area contributed by atoms with Crippen LogP contribution in [0.2, 0.25) is 0 Å². The molecular weight excluding hydrogens is 420 g/mol. The van der Waals surface area contributed by atoms with E-state index in [-0.39, 0.29) is 29.4 Å². The third-order valence-corrected chi connectivity index (χ3v) is 5.92. The van der Waals surface area contributed by atoms with Crippen molar-refractivity contribution in [2.24, 2.45) is 11.7 Å². The molecule has 0 spiro atoms. The summed E-state index contributed by atoms with van der Waals surface area (Å²) in [5.41, 5.74) is 4.77. The summed E-state index contributed by atoms with van der Waals surface area (Å²) < 4.78 is 19.8. The molecule has 1 aromatic carbocycles. The number of hydrogen-bond acceptors (Lipinski definition) is 6. The highest BCUT2D eigenvalue weighted by atomic mass is 19.1. The van der Waals surface area contributed by atoms with Crippen molar-refractivity contribution in [1.29, 1.82) is 0 Å². The quantitative estimate of drug-likeness (QED) is 0.444. The van der Waals surface area contributed by atoms with E-state index < -0.39 is 48.5 Å². The third-order valence-electron chi connectivity index (χ3n) is 5.92. The molecule has 0 aromatic heterocycles. The van der Waals surface area contributed by atoms with Crippen LogP contribution in [0, 0.1) is 11.7 Å². The number of amides is 3. The van der Waals surface area contributed by atoms with Crippen molar-refractivity contribution >= 4 is 30.5 Å². The van der Waals surface area contributed by atoms with Crippen molar-refractivity contribution in [3.63, 3.8) is 0 Å². The molecule has 0 unspecified atom stereocenters. The van der Waals surface area contributed by atoms with E-state index in [9.17, 15) is 18.8 Å². The minimum atomic E-state index is -1.83. The van der Waals surface area contributed by atoms with E-state index in [0.717, 1.165) is 18.9 Å². The van der Waals surface area contributed by atoms with E-state index in [2.05, 4.69) is 5.32 Å². The van der Waals surface area contributed by atoms with Crippen molar-refractivity contribution in [3.8, 4) is 0 Å². The Morgan fingerprint density at radius 2 is 2.00 bits per heavy atom. The first kappa shape index (κ1) is 24.0. The van der Waals surface area contributed by atoms with Gasteiger partial charge in [0.15, 0.2) is 0 Å². The van der Waals surface area contributed by atoms with Crippen LogP contribution in [0.25, 0.3) is 0 Å². The summed E-state index contributed by atoms with van der Waals surface area (Å²) in [6.45, 7) is 5.23. The Balaban J connectivity index is 1.75. The molecule has 1 aliphatic carbocycles. The minimum absolute atomic E-state index is 0.0408. The molecule has 2 aliphatic rings. The molecule has 0 radical (unpaired) electrons. The minimum Gasteiger partial charge on any atom is -0.444 e. The van der Waals surface area contributed by atoms with Gasteiger partial charge in [-0.3, -0.25) is 14.5 Å². The van der Waals surface area contributed by atoms with Crippen LogP contribution >= 0.6 is 0 Å². The van der Waals surface area contributed by atoms with Gasteiger partial charge in [0.05, 0.1) is 0 Å². The van der Waals surface area contributed by atoms with Gasteiger partial charge < -0.3 is 25.8 Å². The molecule has 1 saturated heterocycles. The maximum Gasteiger partial charge on any atom is 0.488 e. The van der Waals surface area contributed by atoms with Crippen LogP contribution in [-0.4, -0.2) is 63.7 Å². The summed E-state index contributed by atoms with van der Waals surface area (Å²) >= 11 is 0. The van der Waals surface area contributed by atoms with Crippen molar-refractivity contribution in [2.75, 3.05) is 0 Å². The largest absolute Gasteiger partial charge is 0.488 e. The van der Waals surface area contributed by atoms with Crippen LogP contribution in [0.1, 0.15) is 45.6 Å². The number of nitrogens with two attached hydrogens (primary N) is 1. The molecule has 2 bridgehead atoms. The fraction of sp³-hybridized carbons (Fsp3) is 0.571. The van der Waals surface area contributed by atoms with Gasteiger partial charge in [0.25, 0.3) is 0 Å². The molecule has 11 heteroatoms. The summed E-state index contributed by atoms with van der Waals surface area (Å²) in [6, 6.07) is 1.45. The predicted molar refractivity (Wildman–Crippen MR) is 114 cm³/mol. The van der Waals surface area contributed by atoms with Gasteiger partial charge in [-0.1, -0.05) is 12.1 Å². The van der Waals surface area contributed by atoms with Gasteiger partial charge in [-0.2, -0.15) is 0 Å². The van der Waals surface area contributed by atoms with Gasteiger partial charge in [0.2, 0.25) is 11.8 Å². The summed E-state index contributed by atoms with van der Waals surface area (Å²) in [5, 5.41) is 20.9. The van der Waals surface area contributed by atoms with Crippen LogP contribution in [0.5, 0.6) is 0 Å². The van der Waals surface area contributed by atoms with Crippen molar-refractivity contribution in [1.82, 2.24) is 10.2 Å². The monoisotopic (exact) mass is 449 g/mol. The topological polar surface area (TPSA) is 142 Å². The molecule has 9 nitrogen and oxygen atoms in total. The number of carbonyl (C=O) groups is 3. The SMILES string of the molecule is CC(C)(C)OC(=O)N1[C@@H]2CC[C@@H](C2)[C@H]1C(=O)N[C@@H](Cc1ccc(B(O)O)cc1F)C(N)=O. The number of ether oxygens (including phenoxy) is 1. The number of rotatable bonds is 6. The van der Waals surface area contributed by atoms with Crippen molar-refractivity contribution in [2.45, 2.75) is 70.2 Å². The molecule has 4 atom stereocenters. The van der Waals surface area contributed by atoms with E-state index >= 15 is 0 Å². The van der Waals surface area contributed by atoms with Gasteiger partial charge in [0.1, 0.15) is 23.5 Å². The number of piperidine rings is 1. The summed E-state index contributed by atoms with van der Waals surface area (Å²) in [7, 11) is -1.83. The molecular formula is C21H29BFN3O6. The van der Waals surface area contributed by atoms with E-state index in [1.54, 1.807) is 20.8 Å². The summed E-state index contributed by atoms with van der Waals surface area (Å²) in [4.78, 5) is 39.3. The lowest BCUT2D eigenvalue weighted by Crippen LogP contribution is -2.57. The van der Waals surface area contributed by atoms with Gasteiger partial charge in [-0.05, 0) is 63.0 Å². The van der Waals surface area contributed by atoms with Gasteiger partial charge >= 0.3 is 13.2 Å². The van der Waals surface area contributed by atoms with E-state index in [4.69, 9.17) is 20.5 Å². The molecule has 174 valence electrons. The average Bonchev–Trinajstić information content (AvgIpc) is 3.28. The highest BCUT2D eigenvalue weighted by Gasteiger charge is 2.52. The maximum atomic E-state index is 14.4. The number of carbonyl (C=O) groups excluding carboxylic acids is 3. The molecule has 1 aliphatic heterocycles. The number of primary amides is 1. The molecule has 2 fully saturated rings. The van der Waals surface area contributed by atoms with Crippen molar-refractivity contribution < 1.29 is 33.6 Å². The van der Waals surface area contributed by atoms with Crippen LogP contribution in [0.15, 0.2) is 18.2 Å². The Labute approximate surface area is 186 Å². The average molecular weight is 449 g/mol. The van der Waals surface area contributed by atoms with E-state index in [1.807, 2.05) is 0 Å². The second-order valence-corrected chi connectivity index (χ2v) is 9.45. The summed E-state index contributed by atoms with van der Waals surface area (Å²) in [5.74, 6) is -2.19. The number of fused-ring (bicyclic) bond motifs is 2. The predicted octanol–water partition coefficient (Wildman–Crippen LogP) is -0.194.